The first-order valence-corrected chi connectivity index (χ1v) is 11.9. The first-order chi connectivity index (χ1) is 18.5. The van der Waals surface area contributed by atoms with E-state index in [1.165, 1.54) is 31.4 Å². The molecule has 0 radical (unpaired) electrons. The summed E-state index contributed by atoms with van der Waals surface area (Å²) in [7, 11) is 1.43. The number of allylic oxidation sites excluding steroid dienone is 2. The number of carbonyl (C=O) groups excluding carboxylic acids is 2. The number of non-ortho nitro benzene ring substituents is 1. The molecule has 15 heteroatoms. The quantitative estimate of drug-likeness (QED) is 0.179. The third-order valence-electron chi connectivity index (χ3n) is 6.85. The van der Waals surface area contributed by atoms with Gasteiger partial charge < -0.3 is 34.2 Å². The van der Waals surface area contributed by atoms with E-state index in [0.717, 1.165) is 0 Å². The molecule has 0 spiro atoms. The van der Waals surface area contributed by atoms with Crippen molar-refractivity contribution >= 4 is 17.4 Å². The van der Waals surface area contributed by atoms with Gasteiger partial charge in [-0.15, -0.1) is 10.1 Å². The van der Waals surface area contributed by atoms with Gasteiger partial charge in [-0.2, -0.15) is 0 Å². The third kappa shape index (κ3) is 5.21. The van der Waals surface area contributed by atoms with Crippen molar-refractivity contribution < 1.29 is 48.5 Å². The van der Waals surface area contributed by atoms with Crippen molar-refractivity contribution in [2.75, 3.05) is 33.5 Å². The Balaban J connectivity index is 1.77. The van der Waals surface area contributed by atoms with Gasteiger partial charge in [-0.3, -0.25) is 14.9 Å². The van der Waals surface area contributed by atoms with Gasteiger partial charge in [0.2, 0.25) is 0 Å². The Morgan fingerprint density at radius 1 is 1.15 bits per heavy atom. The Bertz CT molecular complexity index is 1260. The van der Waals surface area contributed by atoms with E-state index in [1.807, 2.05) is 0 Å². The molecule has 0 aliphatic carbocycles. The van der Waals surface area contributed by atoms with E-state index in [0.29, 0.717) is 5.70 Å². The van der Waals surface area contributed by atoms with E-state index < -0.39 is 58.2 Å². The predicted molar refractivity (Wildman–Crippen MR) is 129 cm³/mol. The Morgan fingerprint density at radius 3 is 2.54 bits per heavy atom. The first-order valence-electron chi connectivity index (χ1n) is 11.9. The van der Waals surface area contributed by atoms with Crippen LogP contribution in [0.15, 0.2) is 46.8 Å². The summed E-state index contributed by atoms with van der Waals surface area (Å²) in [6.07, 6.45) is -3.56. The molecule has 3 aliphatic rings. The van der Waals surface area contributed by atoms with Crippen LogP contribution in [-0.4, -0.2) is 84.3 Å². The largest absolute Gasteiger partial charge is 0.460 e. The van der Waals surface area contributed by atoms with Crippen molar-refractivity contribution in [1.29, 1.82) is 0 Å². The summed E-state index contributed by atoms with van der Waals surface area (Å²) in [6.45, 7) is 2.30. The second kappa shape index (κ2) is 11.1. The third-order valence-corrected chi connectivity index (χ3v) is 6.85. The molecule has 2 fully saturated rings. The monoisotopic (exact) mass is 549 g/mol. The summed E-state index contributed by atoms with van der Waals surface area (Å²) < 4.78 is 21.3. The van der Waals surface area contributed by atoms with Crippen molar-refractivity contribution in [3.63, 3.8) is 0 Å². The molecule has 0 amide bonds. The number of hydrogen-bond donors (Lipinski definition) is 2. The van der Waals surface area contributed by atoms with Gasteiger partial charge in [0.1, 0.15) is 18.8 Å². The Kier molecular flexibility index (Phi) is 7.96. The van der Waals surface area contributed by atoms with Crippen LogP contribution in [0.1, 0.15) is 25.3 Å². The topological polar surface area (TPSA) is 199 Å². The molecule has 15 nitrogen and oxygen atoms in total. The van der Waals surface area contributed by atoms with Gasteiger partial charge in [-0.25, -0.2) is 4.79 Å². The van der Waals surface area contributed by atoms with Gasteiger partial charge >= 0.3 is 5.97 Å². The standard InChI is InChI=1S/C24H27N3O12/c1-12-17(21(28)24(30)11-38-20-16(39-27(33)34)10-37-22(20)24)19(14-5-4-6-15(9-14)26(31)32)18(13(2)25-12)23(29)36-8-7-35-3/h4-6,9,16,19-20,22,25,30H,7-8,10-11H2,1-3H3/t16-,19?,20-,22+,24-/m1/s1. The zero-order chi connectivity index (χ0) is 28.5. The minimum atomic E-state index is -2.30. The summed E-state index contributed by atoms with van der Waals surface area (Å²) in [5.41, 5.74) is -1.81. The van der Waals surface area contributed by atoms with E-state index in [1.54, 1.807) is 13.8 Å². The van der Waals surface area contributed by atoms with E-state index in [9.17, 15) is 34.9 Å². The van der Waals surface area contributed by atoms with Crippen LogP contribution in [0, 0.1) is 20.2 Å². The highest BCUT2D eigenvalue weighted by atomic mass is 17.0. The van der Waals surface area contributed by atoms with Crippen molar-refractivity contribution in [2.24, 2.45) is 0 Å². The fourth-order valence-corrected chi connectivity index (χ4v) is 5.13. The zero-order valence-corrected chi connectivity index (χ0v) is 21.3. The van der Waals surface area contributed by atoms with Gasteiger partial charge in [-0.1, -0.05) is 12.1 Å². The normalized spacial score (nSPS) is 28.1. The summed E-state index contributed by atoms with van der Waals surface area (Å²) in [6, 6.07) is 5.43. The molecule has 4 rings (SSSR count). The fourth-order valence-electron chi connectivity index (χ4n) is 5.13. The number of carbonyl (C=O) groups is 2. The summed E-state index contributed by atoms with van der Waals surface area (Å²) >= 11 is 0. The van der Waals surface area contributed by atoms with Crippen molar-refractivity contribution in [3.8, 4) is 0 Å². The summed E-state index contributed by atoms with van der Waals surface area (Å²) in [5, 5.41) is 35.9. The summed E-state index contributed by atoms with van der Waals surface area (Å²) in [4.78, 5) is 53.7. The van der Waals surface area contributed by atoms with E-state index in [4.69, 9.17) is 18.9 Å². The van der Waals surface area contributed by atoms with Gasteiger partial charge in [0.15, 0.2) is 17.5 Å². The molecule has 3 aliphatic heterocycles. The SMILES string of the molecule is COCCOC(=O)C1=C(C)NC(C)=C(C(=O)[C@]2(O)CO[C@@H]3[C@H](O[N+](=O)[O-])CO[C@@H]32)C1c1cccc([N+](=O)[O-])c1. The number of dihydropyridines is 1. The zero-order valence-electron chi connectivity index (χ0n) is 21.3. The molecule has 5 atom stereocenters. The highest BCUT2D eigenvalue weighted by Crippen LogP contribution is 2.45. The average Bonchev–Trinajstić information content (AvgIpc) is 3.44. The molecule has 0 aromatic heterocycles. The number of nitro benzene ring substituents is 1. The molecule has 1 aromatic rings. The Hall–Kier alpha value is -3.92. The first kappa shape index (κ1) is 28.1. The van der Waals surface area contributed by atoms with Crippen LogP contribution < -0.4 is 5.32 Å². The number of methoxy groups -OCH3 is 1. The van der Waals surface area contributed by atoms with Crippen molar-refractivity contribution in [3.05, 3.63) is 72.6 Å². The lowest BCUT2D eigenvalue weighted by Crippen LogP contribution is -2.53. The fraction of sp³-hybridized carbons (Fsp3) is 0.500. The molecule has 3 heterocycles. The number of benzene rings is 1. The van der Waals surface area contributed by atoms with E-state index in [-0.39, 0.29) is 47.9 Å². The highest BCUT2D eigenvalue weighted by molar-refractivity contribution is 6.08. The number of nitrogens with one attached hydrogen (secondary N) is 1. The lowest BCUT2D eigenvalue weighted by atomic mass is 9.74. The van der Waals surface area contributed by atoms with E-state index >= 15 is 0 Å². The number of ether oxygens (including phenoxy) is 4. The molecule has 1 aromatic carbocycles. The number of ketones is 1. The minimum absolute atomic E-state index is 0.00141. The van der Waals surface area contributed by atoms with Gasteiger partial charge in [0.25, 0.3) is 10.8 Å². The molecule has 2 N–H and O–H groups in total. The smallest absolute Gasteiger partial charge is 0.336 e. The molecule has 39 heavy (non-hydrogen) atoms. The molecule has 0 bridgehead atoms. The number of nitro groups is 1. The molecular formula is C24H27N3O12. The Labute approximate surface area is 221 Å². The van der Waals surface area contributed by atoms with Crippen LogP contribution in [0.2, 0.25) is 0 Å². The summed E-state index contributed by atoms with van der Waals surface area (Å²) in [5.74, 6) is -2.85. The molecular weight excluding hydrogens is 522 g/mol. The molecule has 0 saturated carbocycles. The number of aliphatic hydroxyl groups is 1. The maximum atomic E-state index is 14.1. The molecule has 2 saturated heterocycles. The van der Waals surface area contributed by atoms with Crippen LogP contribution in [0.5, 0.6) is 0 Å². The number of rotatable bonds is 10. The number of Topliss-reactive ketones (excluding diaryl/α,β-unsaturated/α-hetero) is 1. The van der Waals surface area contributed by atoms with E-state index in [2.05, 4.69) is 10.2 Å². The van der Waals surface area contributed by atoms with Crippen molar-refractivity contribution in [1.82, 2.24) is 5.32 Å². The lowest BCUT2D eigenvalue weighted by molar-refractivity contribution is -0.769. The minimum Gasteiger partial charge on any atom is -0.460 e. The predicted octanol–water partition coefficient (Wildman–Crippen LogP) is 0.694. The number of fused-ring (bicyclic) bond motifs is 1. The number of nitrogens with zero attached hydrogens (tertiary/aromatic N) is 2. The number of hydrogen-bond acceptors (Lipinski definition) is 13. The van der Waals surface area contributed by atoms with Crippen LogP contribution in [-0.2, 0) is 33.4 Å². The molecule has 1 unspecified atom stereocenters. The van der Waals surface area contributed by atoms with Crippen LogP contribution >= 0.6 is 0 Å². The average molecular weight is 549 g/mol. The van der Waals surface area contributed by atoms with Crippen molar-refractivity contribution in [2.45, 2.75) is 43.7 Å². The van der Waals surface area contributed by atoms with Gasteiger partial charge in [-0.05, 0) is 19.4 Å². The number of esters is 1. The van der Waals surface area contributed by atoms with Crippen LogP contribution in [0.4, 0.5) is 5.69 Å². The second-order valence-electron chi connectivity index (χ2n) is 9.27. The van der Waals surface area contributed by atoms with Crippen LogP contribution in [0.3, 0.4) is 0 Å². The maximum Gasteiger partial charge on any atom is 0.336 e. The van der Waals surface area contributed by atoms with Gasteiger partial charge in [0.05, 0.1) is 30.3 Å². The second-order valence-corrected chi connectivity index (χ2v) is 9.27. The maximum absolute atomic E-state index is 14.1. The van der Waals surface area contributed by atoms with Crippen LogP contribution in [0.25, 0.3) is 0 Å². The Morgan fingerprint density at radius 2 is 1.87 bits per heavy atom. The molecule has 210 valence electrons. The lowest BCUT2D eigenvalue weighted by Gasteiger charge is -2.35. The van der Waals surface area contributed by atoms with Gasteiger partial charge in [0, 0.05) is 42.1 Å². The highest BCUT2D eigenvalue weighted by Gasteiger charge is 2.62.